The third-order valence-corrected chi connectivity index (χ3v) is 3.49. The molecule has 0 aliphatic rings. The smallest absolute Gasteiger partial charge is 0.133 e. The van der Waals surface area contributed by atoms with Crippen LogP contribution < -0.4 is 0 Å². The Labute approximate surface area is 95.6 Å². The SMILES string of the molecule is N#CSC(CP)c1ccc(C#N)cc1.O. The maximum absolute atomic E-state index is 8.62. The summed E-state index contributed by atoms with van der Waals surface area (Å²) in [5.41, 5.74) is 1.74. The lowest BCUT2D eigenvalue weighted by atomic mass is 10.1. The number of nitrogens with zero attached hydrogens (tertiary/aromatic N) is 2. The van der Waals surface area contributed by atoms with Gasteiger partial charge in [0.25, 0.3) is 0 Å². The van der Waals surface area contributed by atoms with E-state index in [1.165, 1.54) is 11.8 Å². The summed E-state index contributed by atoms with van der Waals surface area (Å²) in [6.45, 7) is 0. The molecule has 0 amide bonds. The summed E-state index contributed by atoms with van der Waals surface area (Å²) in [4.78, 5) is 0. The van der Waals surface area contributed by atoms with E-state index in [-0.39, 0.29) is 10.7 Å². The molecule has 3 nitrogen and oxygen atoms in total. The molecule has 0 saturated carbocycles. The molecular formula is C10H11N2OPS. The highest BCUT2D eigenvalue weighted by atomic mass is 32.2. The van der Waals surface area contributed by atoms with E-state index < -0.39 is 0 Å². The van der Waals surface area contributed by atoms with E-state index in [0.29, 0.717) is 5.56 Å². The van der Waals surface area contributed by atoms with Gasteiger partial charge in [0.05, 0.1) is 11.6 Å². The van der Waals surface area contributed by atoms with Crippen LogP contribution in [-0.4, -0.2) is 11.6 Å². The van der Waals surface area contributed by atoms with Gasteiger partial charge in [0, 0.05) is 5.25 Å². The van der Waals surface area contributed by atoms with E-state index in [1.54, 1.807) is 12.1 Å². The Hall–Kier alpha value is -1.06. The number of nitriles is 2. The molecule has 0 bridgehead atoms. The topological polar surface area (TPSA) is 79.1 Å². The summed E-state index contributed by atoms with van der Waals surface area (Å²) in [6, 6.07) is 9.42. The van der Waals surface area contributed by atoms with E-state index in [1.807, 2.05) is 12.1 Å². The number of hydrogen-bond donors (Lipinski definition) is 0. The van der Waals surface area contributed by atoms with Crippen molar-refractivity contribution in [3.8, 4) is 11.5 Å². The van der Waals surface area contributed by atoms with Gasteiger partial charge in [0.1, 0.15) is 5.40 Å². The van der Waals surface area contributed by atoms with E-state index >= 15 is 0 Å². The van der Waals surface area contributed by atoms with Crippen molar-refractivity contribution in [1.29, 1.82) is 10.5 Å². The molecule has 2 atom stereocenters. The van der Waals surface area contributed by atoms with Crippen LogP contribution in [-0.2, 0) is 0 Å². The van der Waals surface area contributed by atoms with Gasteiger partial charge in [-0.2, -0.15) is 10.5 Å². The monoisotopic (exact) mass is 238 g/mol. The Morgan fingerprint density at radius 3 is 2.27 bits per heavy atom. The summed E-state index contributed by atoms with van der Waals surface area (Å²) in [5.74, 6) is 0. The summed E-state index contributed by atoms with van der Waals surface area (Å²) in [7, 11) is 2.63. The van der Waals surface area contributed by atoms with E-state index in [9.17, 15) is 0 Å². The molecule has 15 heavy (non-hydrogen) atoms. The molecule has 0 radical (unpaired) electrons. The van der Waals surface area contributed by atoms with Gasteiger partial charge in [-0.1, -0.05) is 12.1 Å². The molecule has 0 heterocycles. The standard InChI is InChI=1S/C10H9N2PS.H2O/c11-5-8-1-3-9(4-2-8)10(6-13)14-7-12;/h1-4,10H,6,13H2;1H2. The molecule has 2 unspecified atom stereocenters. The van der Waals surface area contributed by atoms with E-state index in [0.717, 1.165) is 11.7 Å². The molecule has 78 valence electrons. The van der Waals surface area contributed by atoms with Gasteiger partial charge in [0.15, 0.2) is 0 Å². The van der Waals surface area contributed by atoms with Crippen LogP contribution in [0.3, 0.4) is 0 Å². The van der Waals surface area contributed by atoms with Crippen LogP contribution in [0.2, 0.25) is 0 Å². The fourth-order valence-corrected chi connectivity index (χ4v) is 2.17. The molecule has 2 N–H and O–H groups in total. The molecule has 0 saturated heterocycles. The van der Waals surface area contributed by atoms with Crippen molar-refractivity contribution >= 4 is 21.0 Å². The van der Waals surface area contributed by atoms with E-state index in [4.69, 9.17) is 10.5 Å². The summed E-state index contributed by atoms with van der Waals surface area (Å²) >= 11 is 1.24. The van der Waals surface area contributed by atoms with Crippen LogP contribution in [0, 0.1) is 22.0 Å². The lowest BCUT2D eigenvalue weighted by molar-refractivity contribution is 0.824. The Morgan fingerprint density at radius 1 is 1.27 bits per heavy atom. The predicted molar refractivity (Wildman–Crippen MR) is 65.3 cm³/mol. The lowest BCUT2D eigenvalue weighted by Crippen LogP contribution is -1.93. The first-order chi connectivity index (χ1) is 6.81. The van der Waals surface area contributed by atoms with Gasteiger partial charge < -0.3 is 5.48 Å². The second kappa shape index (κ2) is 7.26. The fraction of sp³-hybridized carbons (Fsp3) is 0.200. The Morgan fingerprint density at radius 2 is 1.87 bits per heavy atom. The maximum Gasteiger partial charge on any atom is 0.133 e. The summed E-state index contributed by atoms with van der Waals surface area (Å²) < 4.78 is 0. The largest absolute Gasteiger partial charge is 0.412 e. The first-order valence-electron chi connectivity index (χ1n) is 4.06. The Balaban J connectivity index is 0.00000196. The molecule has 0 fully saturated rings. The Kier molecular flexibility index (Phi) is 6.75. The average Bonchev–Trinajstić information content (AvgIpc) is 2.26. The van der Waals surface area contributed by atoms with Gasteiger partial charge in [-0.05, 0) is 35.6 Å². The second-order valence-corrected chi connectivity index (χ2v) is 4.13. The van der Waals surface area contributed by atoms with Crippen LogP contribution in [0.4, 0.5) is 0 Å². The van der Waals surface area contributed by atoms with Crippen molar-refractivity contribution < 1.29 is 5.48 Å². The molecule has 1 aromatic carbocycles. The molecule has 1 aromatic rings. The molecule has 0 aromatic heterocycles. The van der Waals surface area contributed by atoms with Crippen LogP contribution in [0.1, 0.15) is 16.4 Å². The highest BCUT2D eigenvalue weighted by Gasteiger charge is 2.09. The van der Waals surface area contributed by atoms with Crippen molar-refractivity contribution in [3.05, 3.63) is 35.4 Å². The Bertz CT molecular complexity index is 380. The first-order valence-corrected chi connectivity index (χ1v) is 5.76. The average molecular weight is 238 g/mol. The highest BCUT2D eigenvalue weighted by molar-refractivity contribution is 8.04. The first kappa shape index (κ1) is 13.9. The molecule has 5 heteroatoms. The number of thiocyanates is 1. The highest BCUT2D eigenvalue weighted by Crippen LogP contribution is 2.29. The third kappa shape index (κ3) is 3.90. The van der Waals surface area contributed by atoms with Crippen LogP contribution in [0.15, 0.2) is 24.3 Å². The maximum atomic E-state index is 8.62. The normalized spacial score (nSPS) is 10.6. The van der Waals surface area contributed by atoms with Gasteiger partial charge in [0.2, 0.25) is 0 Å². The zero-order chi connectivity index (χ0) is 10.4. The van der Waals surface area contributed by atoms with Crippen molar-refractivity contribution in [2.45, 2.75) is 5.25 Å². The van der Waals surface area contributed by atoms with E-state index in [2.05, 4.69) is 20.7 Å². The minimum Gasteiger partial charge on any atom is -0.412 e. The number of rotatable bonds is 3. The van der Waals surface area contributed by atoms with Gasteiger partial charge in [-0.25, -0.2) is 0 Å². The minimum atomic E-state index is 0. The van der Waals surface area contributed by atoms with Crippen molar-refractivity contribution in [2.75, 3.05) is 6.16 Å². The molecule has 0 aliphatic carbocycles. The summed E-state index contributed by atoms with van der Waals surface area (Å²) in [5, 5.41) is 19.5. The number of thioether (sulfide) groups is 1. The quantitative estimate of drug-likeness (QED) is 0.595. The number of benzene rings is 1. The zero-order valence-corrected chi connectivity index (χ0v) is 9.95. The fourth-order valence-electron chi connectivity index (χ4n) is 1.09. The molecule has 0 aliphatic heterocycles. The minimum absolute atomic E-state index is 0. The number of hydrogen-bond acceptors (Lipinski definition) is 3. The molecule has 0 spiro atoms. The second-order valence-electron chi connectivity index (χ2n) is 2.67. The lowest BCUT2D eigenvalue weighted by Gasteiger charge is -2.09. The summed E-state index contributed by atoms with van der Waals surface area (Å²) in [6.07, 6.45) is 0.837. The zero-order valence-electron chi connectivity index (χ0n) is 7.97. The van der Waals surface area contributed by atoms with Gasteiger partial charge in [-0.15, -0.1) is 9.24 Å². The van der Waals surface area contributed by atoms with Crippen molar-refractivity contribution in [3.63, 3.8) is 0 Å². The molecule has 1 rings (SSSR count). The van der Waals surface area contributed by atoms with Crippen molar-refractivity contribution in [1.82, 2.24) is 0 Å². The van der Waals surface area contributed by atoms with Crippen molar-refractivity contribution in [2.24, 2.45) is 0 Å². The van der Waals surface area contributed by atoms with Crippen LogP contribution >= 0.6 is 21.0 Å². The third-order valence-electron chi connectivity index (χ3n) is 1.82. The van der Waals surface area contributed by atoms with Crippen LogP contribution in [0.25, 0.3) is 0 Å². The van der Waals surface area contributed by atoms with Gasteiger partial charge in [-0.3, -0.25) is 0 Å². The van der Waals surface area contributed by atoms with Gasteiger partial charge >= 0.3 is 0 Å². The molecular weight excluding hydrogens is 227 g/mol. The predicted octanol–water partition coefficient (Wildman–Crippen LogP) is 1.86. The van der Waals surface area contributed by atoms with Crippen LogP contribution in [0.5, 0.6) is 0 Å².